The summed E-state index contributed by atoms with van der Waals surface area (Å²) in [4.78, 5) is 11.5. The molecule has 0 aliphatic heterocycles. The Bertz CT molecular complexity index is 554. The number of carbonyl (C=O) groups excluding carboxylic acids is 1. The maximum absolute atomic E-state index is 11.5. The van der Waals surface area contributed by atoms with Gasteiger partial charge in [-0.1, -0.05) is 6.92 Å². The van der Waals surface area contributed by atoms with Gasteiger partial charge in [-0.05, 0) is 25.1 Å². The van der Waals surface area contributed by atoms with Crippen molar-refractivity contribution in [3.05, 3.63) is 29.5 Å². The summed E-state index contributed by atoms with van der Waals surface area (Å²) >= 11 is 0. The van der Waals surface area contributed by atoms with E-state index in [0.717, 1.165) is 12.2 Å². The Labute approximate surface area is 98.8 Å². The Morgan fingerprint density at radius 1 is 1.35 bits per heavy atom. The van der Waals surface area contributed by atoms with Crippen molar-refractivity contribution >= 4 is 16.9 Å². The summed E-state index contributed by atoms with van der Waals surface area (Å²) in [6, 6.07) is 4.76. The molecule has 17 heavy (non-hydrogen) atoms. The van der Waals surface area contributed by atoms with Crippen LogP contribution in [0.5, 0.6) is 5.75 Å². The highest BCUT2D eigenvalue weighted by atomic mass is 16.5. The topological polar surface area (TPSA) is 59.7 Å². The fourth-order valence-corrected chi connectivity index (χ4v) is 1.68. The first-order valence-corrected chi connectivity index (χ1v) is 5.58. The molecule has 1 aromatic heterocycles. The van der Waals surface area contributed by atoms with Crippen molar-refractivity contribution < 1.29 is 19.1 Å². The van der Waals surface area contributed by atoms with Gasteiger partial charge in [-0.25, -0.2) is 4.79 Å². The summed E-state index contributed by atoms with van der Waals surface area (Å²) in [6.45, 7) is 4.00. The zero-order valence-corrected chi connectivity index (χ0v) is 9.82. The number of furan rings is 1. The average Bonchev–Trinajstić information content (AvgIpc) is 2.73. The van der Waals surface area contributed by atoms with Crippen molar-refractivity contribution in [1.29, 1.82) is 0 Å². The fourth-order valence-electron chi connectivity index (χ4n) is 1.68. The lowest BCUT2D eigenvalue weighted by Gasteiger charge is -2.02. The van der Waals surface area contributed by atoms with Crippen LogP contribution in [0, 0.1) is 0 Å². The van der Waals surface area contributed by atoms with Gasteiger partial charge in [0.1, 0.15) is 17.1 Å². The molecule has 0 aliphatic rings. The number of aromatic hydroxyl groups is 1. The van der Waals surface area contributed by atoms with Gasteiger partial charge in [0.25, 0.3) is 0 Å². The highest BCUT2D eigenvalue weighted by Crippen LogP contribution is 2.30. The molecule has 0 bridgehead atoms. The summed E-state index contributed by atoms with van der Waals surface area (Å²) in [5, 5.41) is 10.4. The SMILES string of the molecule is CCOC(=O)c1cc(O)c2cc(CC)oc2c1. The number of fused-ring (bicyclic) bond motifs is 1. The number of hydrogen-bond donors (Lipinski definition) is 1. The molecule has 0 radical (unpaired) electrons. The highest BCUT2D eigenvalue weighted by Gasteiger charge is 2.13. The van der Waals surface area contributed by atoms with Crippen LogP contribution in [0.3, 0.4) is 0 Å². The van der Waals surface area contributed by atoms with Crippen LogP contribution in [0.15, 0.2) is 22.6 Å². The van der Waals surface area contributed by atoms with E-state index in [0.29, 0.717) is 23.1 Å². The number of aryl methyl sites for hydroxylation is 1. The standard InChI is InChI=1S/C13H14O4/c1-3-9-7-10-11(14)5-8(6-12(10)17-9)13(15)16-4-2/h5-7,14H,3-4H2,1-2H3. The zero-order chi connectivity index (χ0) is 12.4. The van der Waals surface area contributed by atoms with E-state index >= 15 is 0 Å². The molecule has 0 atom stereocenters. The predicted molar refractivity (Wildman–Crippen MR) is 63.2 cm³/mol. The van der Waals surface area contributed by atoms with Crippen LogP contribution in [-0.2, 0) is 11.2 Å². The van der Waals surface area contributed by atoms with Gasteiger partial charge in [-0.3, -0.25) is 0 Å². The third kappa shape index (κ3) is 2.11. The number of phenolic OH excluding ortho intramolecular Hbond substituents is 1. The molecular formula is C13H14O4. The Morgan fingerprint density at radius 3 is 2.76 bits per heavy atom. The first kappa shape index (κ1) is 11.5. The van der Waals surface area contributed by atoms with E-state index in [4.69, 9.17) is 9.15 Å². The number of benzene rings is 1. The van der Waals surface area contributed by atoms with Crippen molar-refractivity contribution in [3.8, 4) is 5.75 Å². The maximum atomic E-state index is 11.5. The summed E-state index contributed by atoms with van der Waals surface area (Å²) in [5.74, 6) is 0.351. The molecule has 0 saturated heterocycles. The second-order valence-corrected chi connectivity index (χ2v) is 3.69. The van der Waals surface area contributed by atoms with E-state index in [1.807, 2.05) is 6.92 Å². The predicted octanol–water partition coefficient (Wildman–Crippen LogP) is 2.88. The van der Waals surface area contributed by atoms with Gasteiger partial charge in [-0.15, -0.1) is 0 Å². The number of esters is 1. The molecule has 0 amide bonds. The van der Waals surface area contributed by atoms with Crippen LogP contribution in [0.25, 0.3) is 11.0 Å². The molecule has 0 spiro atoms. The van der Waals surface area contributed by atoms with Crippen molar-refractivity contribution in [2.45, 2.75) is 20.3 Å². The van der Waals surface area contributed by atoms with Crippen LogP contribution in [0.4, 0.5) is 0 Å². The van der Waals surface area contributed by atoms with Crippen LogP contribution in [0.2, 0.25) is 0 Å². The molecule has 90 valence electrons. The first-order chi connectivity index (χ1) is 8.15. The Balaban J connectivity index is 2.50. The molecule has 0 saturated carbocycles. The van der Waals surface area contributed by atoms with Crippen molar-refractivity contribution in [3.63, 3.8) is 0 Å². The minimum atomic E-state index is -0.459. The van der Waals surface area contributed by atoms with Crippen molar-refractivity contribution in [1.82, 2.24) is 0 Å². The monoisotopic (exact) mass is 234 g/mol. The Hall–Kier alpha value is -1.97. The van der Waals surface area contributed by atoms with Crippen LogP contribution in [-0.4, -0.2) is 17.7 Å². The van der Waals surface area contributed by atoms with E-state index in [2.05, 4.69) is 0 Å². The number of carbonyl (C=O) groups is 1. The molecule has 4 nitrogen and oxygen atoms in total. The van der Waals surface area contributed by atoms with Gasteiger partial charge < -0.3 is 14.3 Å². The minimum Gasteiger partial charge on any atom is -0.507 e. The summed E-state index contributed by atoms with van der Waals surface area (Å²) in [7, 11) is 0. The molecule has 4 heteroatoms. The molecule has 1 N–H and O–H groups in total. The van der Waals surface area contributed by atoms with Gasteiger partial charge >= 0.3 is 5.97 Å². The molecule has 0 unspecified atom stereocenters. The summed E-state index contributed by atoms with van der Waals surface area (Å²) in [6.07, 6.45) is 0.739. The normalized spacial score (nSPS) is 10.7. The number of ether oxygens (including phenoxy) is 1. The largest absolute Gasteiger partial charge is 0.507 e. The van der Waals surface area contributed by atoms with Crippen molar-refractivity contribution in [2.75, 3.05) is 6.61 Å². The zero-order valence-electron chi connectivity index (χ0n) is 9.82. The van der Waals surface area contributed by atoms with Crippen molar-refractivity contribution in [2.24, 2.45) is 0 Å². The van der Waals surface area contributed by atoms with Crippen LogP contribution in [0.1, 0.15) is 30.0 Å². The third-order valence-corrected chi connectivity index (χ3v) is 2.53. The molecule has 1 heterocycles. The second kappa shape index (κ2) is 4.49. The Kier molecular flexibility index (Phi) is 3.04. The fraction of sp³-hybridized carbons (Fsp3) is 0.308. The van der Waals surface area contributed by atoms with Crippen LogP contribution >= 0.6 is 0 Å². The molecule has 0 fully saturated rings. The highest BCUT2D eigenvalue weighted by molar-refractivity contribution is 5.96. The lowest BCUT2D eigenvalue weighted by Crippen LogP contribution is -2.04. The van der Waals surface area contributed by atoms with Gasteiger partial charge in [0.05, 0.1) is 17.6 Å². The molecule has 2 aromatic rings. The average molecular weight is 234 g/mol. The molecule has 1 aromatic carbocycles. The molecular weight excluding hydrogens is 220 g/mol. The lowest BCUT2D eigenvalue weighted by atomic mass is 10.1. The maximum Gasteiger partial charge on any atom is 0.338 e. The van der Waals surface area contributed by atoms with Crippen LogP contribution < -0.4 is 0 Å². The van der Waals surface area contributed by atoms with E-state index in [9.17, 15) is 9.90 Å². The number of hydrogen-bond acceptors (Lipinski definition) is 4. The smallest absolute Gasteiger partial charge is 0.338 e. The van der Waals surface area contributed by atoms with E-state index in [-0.39, 0.29) is 5.75 Å². The van der Waals surface area contributed by atoms with E-state index < -0.39 is 5.97 Å². The van der Waals surface area contributed by atoms with Gasteiger partial charge in [0, 0.05) is 6.42 Å². The number of phenols is 1. The molecule has 0 aliphatic carbocycles. The minimum absolute atomic E-state index is 0.0361. The first-order valence-electron chi connectivity index (χ1n) is 5.58. The van der Waals surface area contributed by atoms with E-state index in [1.54, 1.807) is 19.1 Å². The summed E-state index contributed by atoms with van der Waals surface area (Å²) in [5.41, 5.74) is 0.804. The van der Waals surface area contributed by atoms with E-state index in [1.165, 1.54) is 6.07 Å². The summed E-state index contributed by atoms with van der Waals surface area (Å²) < 4.78 is 10.4. The van der Waals surface area contributed by atoms with Gasteiger partial charge in [0.15, 0.2) is 0 Å². The Morgan fingerprint density at radius 2 is 2.12 bits per heavy atom. The second-order valence-electron chi connectivity index (χ2n) is 3.69. The van der Waals surface area contributed by atoms with Gasteiger partial charge in [-0.2, -0.15) is 0 Å². The number of rotatable bonds is 3. The quantitative estimate of drug-likeness (QED) is 0.829. The van der Waals surface area contributed by atoms with Gasteiger partial charge in [0.2, 0.25) is 0 Å². The third-order valence-electron chi connectivity index (χ3n) is 2.53. The lowest BCUT2D eigenvalue weighted by molar-refractivity contribution is 0.0526. The molecule has 2 rings (SSSR count).